The molecule has 1 aromatic rings. The molecule has 4 N–H and O–H groups in total. The van der Waals surface area contributed by atoms with E-state index >= 15 is 0 Å². The molecule has 0 radical (unpaired) electrons. The number of nitrogens with zero attached hydrogens (tertiary/aromatic N) is 2. The number of rotatable bonds is 5. The fourth-order valence-corrected chi connectivity index (χ4v) is 7.67. The number of carbonyl (C=O) groups excluding carboxylic acids is 5. The van der Waals surface area contributed by atoms with Crippen LogP contribution >= 0.6 is 11.9 Å². The summed E-state index contributed by atoms with van der Waals surface area (Å²) in [7, 11) is 0. The van der Waals surface area contributed by atoms with E-state index in [0.717, 1.165) is 32.1 Å². The maximum absolute atomic E-state index is 14.4. The minimum Gasteiger partial charge on any atom is -0.444 e. The Balaban J connectivity index is 1.23. The van der Waals surface area contributed by atoms with Crippen LogP contribution in [-0.2, 0) is 32.2 Å². The molecule has 0 spiro atoms. The lowest BCUT2D eigenvalue weighted by molar-refractivity contribution is -0.141. The molecule has 2 aliphatic carbocycles. The third-order valence-electron chi connectivity index (χ3n) is 9.73. The summed E-state index contributed by atoms with van der Waals surface area (Å²) in [6, 6.07) is 2.23. The molecule has 0 bridgehead atoms. The van der Waals surface area contributed by atoms with Gasteiger partial charge in [-0.05, 0) is 82.9 Å². The highest BCUT2D eigenvalue weighted by atomic mass is 32.2. The Morgan fingerprint density at radius 2 is 1.88 bits per heavy atom. The van der Waals surface area contributed by atoms with Crippen molar-refractivity contribution in [3.63, 3.8) is 0 Å². The van der Waals surface area contributed by atoms with E-state index in [1.54, 1.807) is 12.1 Å². The predicted octanol–water partition coefficient (Wildman–Crippen LogP) is 4.04. The molecule has 3 aliphatic heterocycles. The van der Waals surface area contributed by atoms with E-state index in [4.69, 9.17) is 4.74 Å². The summed E-state index contributed by atoms with van der Waals surface area (Å²) in [6.45, 7) is 5.69. The Bertz CT molecular complexity index is 1510. The fraction of sp³-hybridized carbons (Fsp3) is 0.629. The summed E-state index contributed by atoms with van der Waals surface area (Å²) in [4.78, 5) is 71.1. The van der Waals surface area contributed by atoms with Crippen LogP contribution in [-0.4, -0.2) is 80.7 Å². The zero-order valence-corrected chi connectivity index (χ0v) is 29.2. The number of amides is 6. The van der Waals surface area contributed by atoms with E-state index in [2.05, 4.69) is 26.7 Å². The molecule has 1 saturated heterocycles. The van der Waals surface area contributed by atoms with Crippen molar-refractivity contribution >= 4 is 41.8 Å². The molecule has 0 aromatic heterocycles. The predicted molar refractivity (Wildman–Crippen MR) is 181 cm³/mol. The lowest BCUT2D eigenvalue weighted by atomic mass is 10.0. The van der Waals surface area contributed by atoms with Gasteiger partial charge in [-0.1, -0.05) is 37.1 Å². The van der Waals surface area contributed by atoms with Crippen molar-refractivity contribution in [1.29, 1.82) is 0 Å². The number of nitrogens with one attached hydrogen (secondary N) is 4. The number of ether oxygens (including phenoxy) is 1. The molecule has 2 saturated carbocycles. The van der Waals surface area contributed by atoms with Crippen LogP contribution in [0.3, 0.4) is 0 Å². The van der Waals surface area contributed by atoms with Gasteiger partial charge in [-0.15, -0.1) is 0 Å². The number of halogens is 1. The van der Waals surface area contributed by atoms with E-state index in [9.17, 15) is 28.4 Å². The number of allylic oxidation sites excluding steroid dienone is 1. The zero-order valence-electron chi connectivity index (χ0n) is 28.4. The Hall–Kier alpha value is -3.81. The number of urea groups is 1. The van der Waals surface area contributed by atoms with Gasteiger partial charge in [0.25, 0.3) is 5.91 Å². The SMILES string of the molecule is CC(C)(C)NC(=O)N[C@H]1CCCCC/C=C\[C@@H]2C[C@@]2(C(=O)NSC2CC2)NC(=O)C2C[C@@H](OC(=O)N3Cc4cccc(F)c4C3)CN2C1=O. The Morgan fingerprint density at radius 1 is 1.08 bits per heavy atom. The molecule has 266 valence electrons. The number of benzene rings is 1. The Kier molecular flexibility index (Phi) is 10.2. The standard InChI is InChI=1S/C35H47FN6O6S/c1-34(2,3)39-32(46)37-27-13-8-6-4-5-7-11-22-17-35(22,31(45)40-49-24-14-15-24)38-29(43)28-16-23(19-42(28)30(27)44)48-33(47)41-18-21-10-9-12-26(36)25(21)20-41/h7,9-12,22-24,27-28H,4-6,8,13-20H2,1-3H3,(H,38,43)(H,40,45)(H2,37,39,46)/b11-7-/t22-,23-,27+,28?,35-/m1/s1. The van der Waals surface area contributed by atoms with Gasteiger partial charge in [0.15, 0.2) is 0 Å². The highest BCUT2D eigenvalue weighted by Crippen LogP contribution is 2.46. The highest BCUT2D eigenvalue weighted by molar-refractivity contribution is 7.98. The molecule has 3 heterocycles. The lowest BCUT2D eigenvalue weighted by Crippen LogP contribution is -2.58. The van der Waals surface area contributed by atoms with Crippen molar-refractivity contribution in [2.75, 3.05) is 6.54 Å². The monoisotopic (exact) mass is 698 g/mol. The van der Waals surface area contributed by atoms with E-state index in [-0.39, 0.29) is 37.9 Å². The topological polar surface area (TPSA) is 149 Å². The van der Waals surface area contributed by atoms with Gasteiger partial charge < -0.3 is 25.6 Å². The molecule has 6 amide bonds. The highest BCUT2D eigenvalue weighted by Gasteiger charge is 2.61. The van der Waals surface area contributed by atoms with Crippen LogP contribution < -0.4 is 20.7 Å². The molecular weight excluding hydrogens is 651 g/mol. The lowest BCUT2D eigenvalue weighted by Gasteiger charge is -2.30. The van der Waals surface area contributed by atoms with Crippen LogP contribution in [0.15, 0.2) is 30.4 Å². The van der Waals surface area contributed by atoms with Gasteiger partial charge in [0, 0.05) is 35.2 Å². The third-order valence-corrected chi connectivity index (χ3v) is 10.8. The number of hydrogen-bond donors (Lipinski definition) is 4. The largest absolute Gasteiger partial charge is 0.444 e. The van der Waals surface area contributed by atoms with Crippen LogP contribution in [0.25, 0.3) is 0 Å². The smallest absolute Gasteiger partial charge is 0.410 e. The molecule has 3 fully saturated rings. The van der Waals surface area contributed by atoms with Gasteiger partial charge in [0.05, 0.1) is 13.1 Å². The number of fused-ring (bicyclic) bond motifs is 3. The summed E-state index contributed by atoms with van der Waals surface area (Å²) in [5.74, 6) is -1.82. The van der Waals surface area contributed by atoms with Gasteiger partial charge >= 0.3 is 12.1 Å². The van der Waals surface area contributed by atoms with Crippen molar-refractivity contribution in [2.24, 2.45) is 5.92 Å². The van der Waals surface area contributed by atoms with Crippen molar-refractivity contribution in [2.45, 2.75) is 126 Å². The van der Waals surface area contributed by atoms with Gasteiger partial charge in [-0.2, -0.15) is 0 Å². The van der Waals surface area contributed by atoms with Crippen molar-refractivity contribution < 1.29 is 33.1 Å². The van der Waals surface area contributed by atoms with Gasteiger partial charge in [0.1, 0.15) is 29.5 Å². The normalized spacial score (nSPS) is 29.3. The molecule has 5 aliphatic rings. The summed E-state index contributed by atoms with van der Waals surface area (Å²) in [5, 5.41) is 9.06. The minimum absolute atomic E-state index is 0.00833. The molecule has 1 aromatic carbocycles. The first-order valence-electron chi connectivity index (χ1n) is 17.4. The third kappa shape index (κ3) is 8.33. The van der Waals surface area contributed by atoms with Crippen molar-refractivity contribution in [1.82, 2.24) is 30.5 Å². The zero-order chi connectivity index (χ0) is 34.9. The van der Waals surface area contributed by atoms with Gasteiger partial charge in [0.2, 0.25) is 11.8 Å². The van der Waals surface area contributed by atoms with E-state index in [1.807, 2.05) is 26.8 Å². The van der Waals surface area contributed by atoms with Crippen LogP contribution in [0.2, 0.25) is 0 Å². The summed E-state index contributed by atoms with van der Waals surface area (Å²) >= 11 is 1.38. The molecule has 1 unspecified atom stereocenters. The molecule has 49 heavy (non-hydrogen) atoms. The summed E-state index contributed by atoms with van der Waals surface area (Å²) in [6.07, 6.45) is 8.59. The van der Waals surface area contributed by atoms with Gasteiger partial charge in [-0.25, -0.2) is 14.0 Å². The van der Waals surface area contributed by atoms with Gasteiger partial charge in [-0.3, -0.25) is 24.0 Å². The molecule has 12 nitrogen and oxygen atoms in total. The Labute approximate surface area is 290 Å². The van der Waals surface area contributed by atoms with E-state index in [0.29, 0.717) is 35.6 Å². The first-order chi connectivity index (χ1) is 23.3. The van der Waals surface area contributed by atoms with Crippen LogP contribution in [0.1, 0.15) is 89.7 Å². The first kappa shape index (κ1) is 35.0. The van der Waals surface area contributed by atoms with Crippen LogP contribution in [0.5, 0.6) is 0 Å². The maximum Gasteiger partial charge on any atom is 0.410 e. The second-order valence-electron chi connectivity index (χ2n) is 15.0. The minimum atomic E-state index is -1.14. The van der Waals surface area contributed by atoms with Crippen LogP contribution in [0.4, 0.5) is 14.0 Å². The summed E-state index contributed by atoms with van der Waals surface area (Å²) in [5.41, 5.74) is -0.550. The molecule has 5 atom stereocenters. The second kappa shape index (κ2) is 14.2. The van der Waals surface area contributed by atoms with Crippen LogP contribution in [0, 0.1) is 11.7 Å². The van der Waals surface area contributed by atoms with Crippen molar-refractivity contribution in [3.8, 4) is 0 Å². The first-order valence-corrected chi connectivity index (χ1v) is 18.3. The number of carbonyl (C=O) groups is 5. The van der Waals surface area contributed by atoms with E-state index < -0.39 is 59.0 Å². The molecular formula is C35H47FN6O6S. The van der Waals surface area contributed by atoms with Crippen molar-refractivity contribution in [3.05, 3.63) is 47.3 Å². The summed E-state index contributed by atoms with van der Waals surface area (Å²) < 4.78 is 23.2. The number of hydrogen-bond acceptors (Lipinski definition) is 7. The average molecular weight is 699 g/mol. The molecule has 6 rings (SSSR count). The second-order valence-corrected chi connectivity index (χ2v) is 16.1. The quantitative estimate of drug-likeness (QED) is 0.268. The maximum atomic E-state index is 14.4. The molecule has 14 heteroatoms. The Morgan fingerprint density at radius 3 is 2.61 bits per heavy atom. The average Bonchev–Trinajstić information content (AvgIpc) is 3.89. The fourth-order valence-electron chi connectivity index (χ4n) is 6.84. The van der Waals surface area contributed by atoms with E-state index in [1.165, 1.54) is 27.8 Å².